The zero-order chi connectivity index (χ0) is 19.6. The van der Waals surface area contributed by atoms with Gasteiger partial charge in [0.2, 0.25) is 11.8 Å². The van der Waals surface area contributed by atoms with Gasteiger partial charge in [0.15, 0.2) is 0 Å². The SMILES string of the molecule is CCOC(=O)c1ccc(NC(=O)CSCC(=O)Nc2cccc(F)c2)cc1. The average molecular weight is 390 g/mol. The lowest BCUT2D eigenvalue weighted by Crippen LogP contribution is -2.18. The first kappa shape index (κ1) is 20.4. The fourth-order valence-corrected chi connectivity index (χ4v) is 2.72. The molecule has 0 radical (unpaired) electrons. The number of carbonyl (C=O) groups is 3. The molecule has 6 nitrogen and oxygen atoms in total. The van der Waals surface area contributed by atoms with E-state index in [2.05, 4.69) is 10.6 Å². The molecule has 0 aliphatic heterocycles. The van der Waals surface area contributed by atoms with Gasteiger partial charge in [-0.2, -0.15) is 0 Å². The number of carbonyl (C=O) groups excluding carboxylic acids is 3. The van der Waals surface area contributed by atoms with Crippen molar-refractivity contribution in [1.82, 2.24) is 0 Å². The van der Waals surface area contributed by atoms with Crippen molar-refractivity contribution in [3.05, 3.63) is 59.9 Å². The van der Waals surface area contributed by atoms with Gasteiger partial charge in [0.25, 0.3) is 0 Å². The molecule has 0 bridgehead atoms. The number of hydrogen-bond donors (Lipinski definition) is 2. The summed E-state index contributed by atoms with van der Waals surface area (Å²) in [7, 11) is 0. The van der Waals surface area contributed by atoms with E-state index in [4.69, 9.17) is 4.74 Å². The molecule has 2 aromatic rings. The van der Waals surface area contributed by atoms with Crippen LogP contribution in [0.1, 0.15) is 17.3 Å². The van der Waals surface area contributed by atoms with Crippen molar-refractivity contribution in [2.24, 2.45) is 0 Å². The highest BCUT2D eigenvalue weighted by Crippen LogP contribution is 2.13. The van der Waals surface area contributed by atoms with Crippen LogP contribution < -0.4 is 10.6 Å². The van der Waals surface area contributed by atoms with Crippen molar-refractivity contribution in [1.29, 1.82) is 0 Å². The molecule has 0 fully saturated rings. The van der Waals surface area contributed by atoms with Crippen LogP contribution in [0.2, 0.25) is 0 Å². The molecule has 142 valence electrons. The Labute approximate surface area is 160 Å². The Morgan fingerprint density at radius 1 is 0.963 bits per heavy atom. The average Bonchev–Trinajstić information content (AvgIpc) is 2.62. The summed E-state index contributed by atoms with van der Waals surface area (Å²) in [6, 6.07) is 11.9. The zero-order valence-corrected chi connectivity index (χ0v) is 15.5. The lowest BCUT2D eigenvalue weighted by atomic mass is 10.2. The Balaban J connectivity index is 1.72. The Hall–Kier alpha value is -2.87. The zero-order valence-electron chi connectivity index (χ0n) is 14.7. The molecule has 0 spiro atoms. The van der Waals surface area contributed by atoms with E-state index < -0.39 is 11.8 Å². The Bertz CT molecular complexity index is 812. The highest BCUT2D eigenvalue weighted by Gasteiger charge is 2.09. The number of nitrogens with one attached hydrogen (secondary N) is 2. The highest BCUT2D eigenvalue weighted by molar-refractivity contribution is 8.00. The molecule has 27 heavy (non-hydrogen) atoms. The molecule has 0 saturated carbocycles. The van der Waals surface area contributed by atoms with E-state index >= 15 is 0 Å². The molecule has 2 amide bonds. The second-order valence-corrected chi connectivity index (χ2v) is 6.38. The van der Waals surface area contributed by atoms with Crippen molar-refractivity contribution in [3.63, 3.8) is 0 Å². The highest BCUT2D eigenvalue weighted by atomic mass is 32.2. The van der Waals surface area contributed by atoms with E-state index in [-0.39, 0.29) is 23.3 Å². The smallest absolute Gasteiger partial charge is 0.338 e. The molecule has 0 saturated heterocycles. The number of benzene rings is 2. The van der Waals surface area contributed by atoms with E-state index in [9.17, 15) is 18.8 Å². The van der Waals surface area contributed by atoms with Crippen molar-refractivity contribution in [2.75, 3.05) is 28.7 Å². The Morgan fingerprint density at radius 2 is 1.59 bits per heavy atom. The Morgan fingerprint density at radius 3 is 2.19 bits per heavy atom. The van der Waals surface area contributed by atoms with Gasteiger partial charge in [0, 0.05) is 11.4 Å². The van der Waals surface area contributed by atoms with E-state index in [1.54, 1.807) is 37.3 Å². The van der Waals surface area contributed by atoms with Crippen molar-refractivity contribution in [3.8, 4) is 0 Å². The van der Waals surface area contributed by atoms with E-state index in [0.29, 0.717) is 23.5 Å². The third-order valence-corrected chi connectivity index (χ3v) is 4.19. The van der Waals surface area contributed by atoms with Gasteiger partial charge in [-0.25, -0.2) is 9.18 Å². The number of esters is 1. The lowest BCUT2D eigenvalue weighted by molar-refractivity contribution is -0.114. The minimum atomic E-state index is -0.436. The standard InChI is InChI=1S/C19H19FN2O4S/c1-2-26-19(25)13-6-8-15(9-7-13)21-17(23)11-27-12-18(24)22-16-5-3-4-14(20)10-16/h3-10H,2,11-12H2,1H3,(H,21,23)(H,22,24). The molecule has 2 N–H and O–H groups in total. The summed E-state index contributed by atoms with van der Waals surface area (Å²) < 4.78 is 17.9. The second-order valence-electron chi connectivity index (χ2n) is 5.40. The first-order valence-corrected chi connectivity index (χ1v) is 9.33. The Kier molecular flexibility index (Phi) is 7.81. The van der Waals surface area contributed by atoms with Crippen LogP contribution in [0.4, 0.5) is 15.8 Å². The molecule has 0 heterocycles. The van der Waals surface area contributed by atoms with E-state index in [1.807, 2.05) is 0 Å². The molecule has 0 aliphatic carbocycles. The van der Waals surface area contributed by atoms with Gasteiger partial charge >= 0.3 is 5.97 Å². The summed E-state index contributed by atoms with van der Waals surface area (Å²) in [5.74, 6) is -1.31. The number of halogens is 1. The fraction of sp³-hybridized carbons (Fsp3) is 0.211. The van der Waals surface area contributed by atoms with Gasteiger partial charge in [0.05, 0.1) is 23.7 Å². The fourth-order valence-electron chi connectivity index (χ4n) is 2.10. The number of anilines is 2. The van der Waals surface area contributed by atoms with Crippen LogP contribution in [0, 0.1) is 5.82 Å². The van der Waals surface area contributed by atoms with Crippen molar-refractivity contribution < 1.29 is 23.5 Å². The van der Waals surface area contributed by atoms with Crippen molar-refractivity contribution >= 4 is 40.9 Å². The summed E-state index contributed by atoms with van der Waals surface area (Å²) in [4.78, 5) is 35.3. The molecule has 2 aromatic carbocycles. The predicted octanol–water partition coefficient (Wildman–Crippen LogP) is 3.31. The largest absolute Gasteiger partial charge is 0.462 e. The number of rotatable bonds is 8. The van der Waals surface area contributed by atoms with Crippen molar-refractivity contribution in [2.45, 2.75) is 6.92 Å². The number of amides is 2. The van der Waals surface area contributed by atoms with Crippen LogP contribution in [0.25, 0.3) is 0 Å². The maximum absolute atomic E-state index is 13.1. The van der Waals surface area contributed by atoms with Gasteiger partial charge in [-0.15, -0.1) is 11.8 Å². The van der Waals surface area contributed by atoms with Gasteiger partial charge in [0.1, 0.15) is 5.82 Å². The van der Waals surface area contributed by atoms with Crippen LogP contribution in [0.3, 0.4) is 0 Å². The molecule has 0 atom stereocenters. The molecular formula is C19H19FN2O4S. The van der Waals surface area contributed by atoms with Gasteiger partial charge in [-0.1, -0.05) is 6.07 Å². The topological polar surface area (TPSA) is 84.5 Å². The minimum absolute atomic E-state index is 0.0612. The predicted molar refractivity (Wildman–Crippen MR) is 103 cm³/mol. The second kappa shape index (κ2) is 10.3. The summed E-state index contributed by atoms with van der Waals surface area (Å²) in [6.45, 7) is 2.02. The van der Waals surface area contributed by atoms with Gasteiger partial charge < -0.3 is 15.4 Å². The molecular weight excluding hydrogens is 371 g/mol. The lowest BCUT2D eigenvalue weighted by Gasteiger charge is -2.07. The first-order chi connectivity index (χ1) is 13.0. The number of ether oxygens (including phenoxy) is 1. The minimum Gasteiger partial charge on any atom is -0.462 e. The quantitative estimate of drug-likeness (QED) is 0.676. The van der Waals surface area contributed by atoms with Gasteiger partial charge in [-0.05, 0) is 49.4 Å². The summed E-state index contributed by atoms with van der Waals surface area (Å²) in [6.07, 6.45) is 0. The maximum atomic E-state index is 13.1. The molecule has 0 aliphatic rings. The third-order valence-electron chi connectivity index (χ3n) is 3.25. The number of hydrogen-bond acceptors (Lipinski definition) is 5. The van der Waals surface area contributed by atoms with Crippen LogP contribution in [0.5, 0.6) is 0 Å². The molecule has 2 rings (SSSR count). The van der Waals surface area contributed by atoms with Crippen LogP contribution in [-0.2, 0) is 14.3 Å². The normalized spacial score (nSPS) is 10.1. The molecule has 0 unspecified atom stereocenters. The maximum Gasteiger partial charge on any atom is 0.338 e. The first-order valence-electron chi connectivity index (χ1n) is 8.18. The van der Waals surface area contributed by atoms with Crippen LogP contribution >= 0.6 is 11.8 Å². The summed E-state index contributed by atoms with van der Waals surface area (Å²) in [5, 5.41) is 5.24. The third kappa shape index (κ3) is 7.10. The monoisotopic (exact) mass is 390 g/mol. The van der Waals surface area contributed by atoms with Gasteiger partial charge in [-0.3, -0.25) is 9.59 Å². The molecule has 0 aromatic heterocycles. The summed E-state index contributed by atoms with van der Waals surface area (Å²) in [5.41, 5.74) is 1.31. The molecule has 8 heteroatoms. The number of thioether (sulfide) groups is 1. The summed E-state index contributed by atoms with van der Waals surface area (Å²) >= 11 is 1.13. The van der Waals surface area contributed by atoms with Crippen LogP contribution in [-0.4, -0.2) is 35.9 Å². The van der Waals surface area contributed by atoms with Crippen LogP contribution in [0.15, 0.2) is 48.5 Å². The van der Waals surface area contributed by atoms with E-state index in [0.717, 1.165) is 11.8 Å². The van der Waals surface area contributed by atoms with E-state index in [1.165, 1.54) is 18.2 Å².